The smallest absolute Gasteiger partial charge is 0.235 e. The molecule has 1 N–H and O–H groups in total. The number of ether oxygens (including phenoxy) is 1. The van der Waals surface area contributed by atoms with Crippen molar-refractivity contribution in [3.05, 3.63) is 63.0 Å². The molecule has 1 aromatic heterocycles. The maximum atomic E-state index is 13.3. The van der Waals surface area contributed by atoms with Gasteiger partial charge < -0.3 is 14.3 Å². The number of phenolic OH excluding ortho intramolecular Hbond substituents is 1. The highest BCUT2D eigenvalue weighted by atomic mass is 16.5. The molecule has 0 aliphatic carbocycles. The summed E-state index contributed by atoms with van der Waals surface area (Å²) in [6.45, 7) is 10.5. The third-order valence-electron chi connectivity index (χ3n) is 5.80. The molecule has 0 bridgehead atoms. The Morgan fingerprint density at radius 1 is 1.17 bits per heavy atom. The normalized spacial score (nSPS) is 17.4. The molecule has 0 spiro atoms. The van der Waals surface area contributed by atoms with E-state index in [1.54, 1.807) is 19.1 Å². The summed E-state index contributed by atoms with van der Waals surface area (Å²) >= 11 is 0. The van der Waals surface area contributed by atoms with Crippen LogP contribution in [0.15, 0.2) is 39.5 Å². The molecule has 158 valence electrons. The van der Waals surface area contributed by atoms with Crippen LogP contribution in [-0.4, -0.2) is 23.1 Å². The summed E-state index contributed by atoms with van der Waals surface area (Å²) < 4.78 is 12.0. The molecule has 0 amide bonds. The molecule has 0 unspecified atom stereocenters. The molecule has 1 saturated heterocycles. The highest BCUT2D eigenvalue weighted by molar-refractivity contribution is 5.83. The molecule has 1 fully saturated rings. The van der Waals surface area contributed by atoms with Gasteiger partial charge in [-0.1, -0.05) is 13.0 Å². The van der Waals surface area contributed by atoms with Gasteiger partial charge in [-0.25, -0.2) is 0 Å². The Hall–Kier alpha value is -2.79. The minimum atomic E-state index is -0.221. The number of fused-ring (bicyclic) bond motifs is 1. The van der Waals surface area contributed by atoms with Gasteiger partial charge in [-0.15, -0.1) is 0 Å². The van der Waals surface area contributed by atoms with E-state index >= 15 is 0 Å². The average Bonchev–Trinajstić information content (AvgIpc) is 2.67. The number of aromatic hydroxyl groups is 1. The minimum Gasteiger partial charge on any atom is -0.507 e. The predicted octanol–water partition coefficient (Wildman–Crippen LogP) is 5.45. The fraction of sp³-hybridized carbons (Fsp3) is 0.400. The zero-order chi connectivity index (χ0) is 21.4. The molecule has 30 heavy (non-hydrogen) atoms. The second-order valence-corrected chi connectivity index (χ2v) is 8.66. The van der Waals surface area contributed by atoms with Crippen LogP contribution in [0.5, 0.6) is 17.2 Å². The number of piperidine rings is 1. The standard InChI is InChI=1S/C25H29NO4/c1-15-6-5-9-26(13-15)14-21-22(27)8-7-20-23(28)24(18(4)29-25(20)21)30-19-11-16(2)10-17(3)12-19/h7-8,10-12,15,27H,5-6,9,13-14H2,1-4H3/t15-/m1/s1. The summed E-state index contributed by atoms with van der Waals surface area (Å²) in [4.78, 5) is 15.6. The zero-order valence-corrected chi connectivity index (χ0v) is 18.1. The second-order valence-electron chi connectivity index (χ2n) is 8.66. The molecule has 3 aromatic rings. The Labute approximate surface area is 176 Å². The topological polar surface area (TPSA) is 62.9 Å². The van der Waals surface area contributed by atoms with Crippen LogP contribution in [0.3, 0.4) is 0 Å². The fourth-order valence-electron chi connectivity index (χ4n) is 4.43. The Morgan fingerprint density at radius 2 is 1.90 bits per heavy atom. The molecule has 2 heterocycles. The predicted molar refractivity (Wildman–Crippen MR) is 119 cm³/mol. The van der Waals surface area contributed by atoms with Crippen LogP contribution in [0.1, 0.15) is 42.2 Å². The van der Waals surface area contributed by atoms with E-state index in [0.717, 1.165) is 30.6 Å². The first kappa shape index (κ1) is 20.5. The van der Waals surface area contributed by atoms with E-state index < -0.39 is 0 Å². The van der Waals surface area contributed by atoms with Crippen LogP contribution in [0.4, 0.5) is 0 Å². The lowest BCUT2D eigenvalue weighted by molar-refractivity contribution is 0.175. The van der Waals surface area contributed by atoms with Crippen molar-refractivity contribution in [1.82, 2.24) is 4.90 Å². The fourth-order valence-corrected chi connectivity index (χ4v) is 4.43. The molecule has 5 nitrogen and oxygen atoms in total. The quantitative estimate of drug-likeness (QED) is 0.623. The second kappa shape index (κ2) is 8.15. The number of likely N-dealkylation sites (tertiary alicyclic amines) is 1. The molecule has 0 saturated carbocycles. The number of benzene rings is 2. The van der Waals surface area contributed by atoms with Crippen LogP contribution in [-0.2, 0) is 6.54 Å². The first-order chi connectivity index (χ1) is 14.3. The Balaban J connectivity index is 1.75. The van der Waals surface area contributed by atoms with E-state index in [9.17, 15) is 9.90 Å². The Bertz CT molecular complexity index is 1130. The van der Waals surface area contributed by atoms with Crippen molar-refractivity contribution in [1.29, 1.82) is 0 Å². The average molecular weight is 408 g/mol. The van der Waals surface area contributed by atoms with E-state index in [1.165, 1.54) is 6.42 Å². The number of hydrogen-bond donors (Lipinski definition) is 1. The Morgan fingerprint density at radius 3 is 2.60 bits per heavy atom. The van der Waals surface area contributed by atoms with E-state index in [2.05, 4.69) is 17.9 Å². The molecular weight excluding hydrogens is 378 g/mol. The van der Waals surface area contributed by atoms with E-state index in [0.29, 0.717) is 40.5 Å². The minimum absolute atomic E-state index is 0.159. The van der Waals surface area contributed by atoms with Gasteiger partial charge in [0.2, 0.25) is 11.2 Å². The summed E-state index contributed by atoms with van der Waals surface area (Å²) in [7, 11) is 0. The third kappa shape index (κ3) is 4.08. The lowest BCUT2D eigenvalue weighted by Crippen LogP contribution is -2.33. The van der Waals surface area contributed by atoms with Gasteiger partial charge >= 0.3 is 0 Å². The molecule has 1 aliphatic rings. The largest absolute Gasteiger partial charge is 0.507 e. The van der Waals surface area contributed by atoms with Gasteiger partial charge in [0.1, 0.15) is 22.8 Å². The van der Waals surface area contributed by atoms with Crippen molar-refractivity contribution in [2.24, 2.45) is 5.92 Å². The van der Waals surface area contributed by atoms with E-state index in [-0.39, 0.29) is 16.9 Å². The summed E-state index contributed by atoms with van der Waals surface area (Å²) in [6.07, 6.45) is 2.37. The summed E-state index contributed by atoms with van der Waals surface area (Å²) in [6, 6.07) is 9.05. The highest BCUT2D eigenvalue weighted by Gasteiger charge is 2.22. The lowest BCUT2D eigenvalue weighted by Gasteiger charge is -2.31. The maximum absolute atomic E-state index is 13.3. The van der Waals surface area contributed by atoms with Gasteiger partial charge in [0, 0.05) is 13.1 Å². The first-order valence-corrected chi connectivity index (χ1v) is 10.6. The summed E-state index contributed by atoms with van der Waals surface area (Å²) in [5.74, 6) is 2.00. The van der Waals surface area contributed by atoms with Gasteiger partial charge in [-0.3, -0.25) is 9.69 Å². The van der Waals surface area contributed by atoms with Crippen molar-refractivity contribution >= 4 is 11.0 Å². The lowest BCUT2D eigenvalue weighted by atomic mass is 9.99. The van der Waals surface area contributed by atoms with E-state index in [4.69, 9.17) is 9.15 Å². The molecule has 1 atom stereocenters. The van der Waals surface area contributed by atoms with Crippen molar-refractivity contribution in [2.75, 3.05) is 13.1 Å². The number of hydrogen-bond acceptors (Lipinski definition) is 5. The van der Waals surface area contributed by atoms with Crippen molar-refractivity contribution in [3.63, 3.8) is 0 Å². The number of rotatable bonds is 4. The van der Waals surface area contributed by atoms with Gasteiger partial charge in [0.05, 0.1) is 10.9 Å². The number of aryl methyl sites for hydroxylation is 3. The first-order valence-electron chi connectivity index (χ1n) is 10.6. The van der Waals surface area contributed by atoms with Gasteiger partial charge in [-0.05, 0) is 81.5 Å². The van der Waals surface area contributed by atoms with Gasteiger partial charge in [-0.2, -0.15) is 0 Å². The van der Waals surface area contributed by atoms with Crippen molar-refractivity contribution < 1.29 is 14.3 Å². The van der Waals surface area contributed by atoms with Crippen LogP contribution < -0.4 is 10.2 Å². The van der Waals surface area contributed by atoms with Gasteiger partial charge in [0.25, 0.3) is 0 Å². The molecule has 0 radical (unpaired) electrons. The Kier molecular flexibility index (Phi) is 5.56. The van der Waals surface area contributed by atoms with Gasteiger partial charge in [0.15, 0.2) is 0 Å². The van der Waals surface area contributed by atoms with Crippen LogP contribution >= 0.6 is 0 Å². The maximum Gasteiger partial charge on any atom is 0.235 e. The van der Waals surface area contributed by atoms with Crippen LogP contribution in [0.25, 0.3) is 11.0 Å². The summed E-state index contributed by atoms with van der Waals surface area (Å²) in [5, 5.41) is 11.0. The zero-order valence-electron chi connectivity index (χ0n) is 18.1. The SMILES string of the molecule is Cc1cc(C)cc(Oc2c(C)oc3c(CN4CCC[C@@H](C)C4)c(O)ccc3c2=O)c1. The van der Waals surface area contributed by atoms with Crippen LogP contribution in [0.2, 0.25) is 0 Å². The van der Waals surface area contributed by atoms with E-state index in [1.807, 2.05) is 26.0 Å². The molecular formula is C25H29NO4. The van der Waals surface area contributed by atoms with Crippen molar-refractivity contribution in [2.45, 2.75) is 47.1 Å². The summed E-state index contributed by atoms with van der Waals surface area (Å²) in [5.41, 5.74) is 3.02. The molecule has 5 heteroatoms. The highest BCUT2D eigenvalue weighted by Crippen LogP contribution is 2.33. The number of nitrogens with zero attached hydrogens (tertiary/aromatic N) is 1. The molecule has 1 aliphatic heterocycles. The van der Waals surface area contributed by atoms with Crippen LogP contribution in [0, 0.1) is 26.7 Å². The molecule has 2 aromatic carbocycles. The monoisotopic (exact) mass is 407 g/mol. The number of phenols is 1. The third-order valence-corrected chi connectivity index (χ3v) is 5.80. The van der Waals surface area contributed by atoms with Crippen molar-refractivity contribution in [3.8, 4) is 17.2 Å². The molecule has 4 rings (SSSR count).